The Morgan fingerprint density at radius 2 is 1.96 bits per heavy atom. The van der Waals surface area contributed by atoms with E-state index in [1.54, 1.807) is 4.68 Å². The average molecular weight is 312 g/mol. The van der Waals surface area contributed by atoms with E-state index in [-0.39, 0.29) is 5.89 Å². The van der Waals surface area contributed by atoms with E-state index < -0.39 is 0 Å². The summed E-state index contributed by atoms with van der Waals surface area (Å²) in [6.45, 7) is 7.05. The number of benzene rings is 1. The van der Waals surface area contributed by atoms with Gasteiger partial charge in [-0.15, -0.1) is 5.10 Å². The Labute approximate surface area is 134 Å². The van der Waals surface area contributed by atoms with Gasteiger partial charge in [-0.2, -0.15) is 4.98 Å². The number of hydrogen-bond donors (Lipinski definition) is 1. The minimum atomic E-state index is 0.286. The molecule has 1 aromatic carbocycles. The van der Waals surface area contributed by atoms with Crippen LogP contribution in [0.3, 0.4) is 0 Å². The zero-order chi connectivity index (χ0) is 16.4. The molecule has 0 atom stereocenters. The lowest BCUT2D eigenvalue weighted by atomic mass is 10.1. The molecule has 7 heteroatoms. The average Bonchev–Trinajstić information content (AvgIpc) is 3.13. The van der Waals surface area contributed by atoms with Gasteiger partial charge < -0.3 is 10.3 Å². The third kappa shape index (κ3) is 3.23. The Bertz CT molecular complexity index is 787. The fraction of sp³-hybridized carbons (Fsp3) is 0.375. The normalized spacial score (nSPS) is 11.3. The van der Waals surface area contributed by atoms with Crippen molar-refractivity contribution in [3.8, 4) is 23.0 Å². The van der Waals surface area contributed by atoms with Gasteiger partial charge >= 0.3 is 0 Å². The van der Waals surface area contributed by atoms with Gasteiger partial charge in [0.15, 0.2) is 11.5 Å². The van der Waals surface area contributed by atoms with Gasteiger partial charge in [-0.3, -0.25) is 0 Å². The van der Waals surface area contributed by atoms with Gasteiger partial charge in [-0.25, -0.2) is 4.68 Å². The molecule has 0 saturated carbocycles. The smallest absolute Gasteiger partial charge is 0.282 e. The van der Waals surface area contributed by atoms with Gasteiger partial charge in [0, 0.05) is 12.1 Å². The predicted molar refractivity (Wildman–Crippen MR) is 87.4 cm³/mol. The molecule has 2 aromatic heterocycles. The molecule has 0 aliphatic carbocycles. The van der Waals surface area contributed by atoms with Crippen LogP contribution in [-0.2, 0) is 6.54 Å². The van der Waals surface area contributed by atoms with Crippen LogP contribution in [0.4, 0.5) is 5.82 Å². The Morgan fingerprint density at radius 3 is 2.65 bits per heavy atom. The highest BCUT2D eigenvalue weighted by molar-refractivity contribution is 5.64. The number of nitrogen functional groups attached to an aromatic ring is 1. The zero-order valence-electron chi connectivity index (χ0n) is 13.5. The first-order valence-electron chi connectivity index (χ1n) is 7.64. The molecule has 0 unspecified atom stereocenters. The van der Waals surface area contributed by atoms with Crippen LogP contribution in [0.15, 0.2) is 28.8 Å². The highest BCUT2D eigenvalue weighted by atomic mass is 16.5. The van der Waals surface area contributed by atoms with Crippen molar-refractivity contribution in [3.05, 3.63) is 29.8 Å². The Kier molecular flexibility index (Phi) is 4.10. The van der Waals surface area contributed by atoms with Crippen LogP contribution in [0.2, 0.25) is 0 Å². The maximum Gasteiger partial charge on any atom is 0.282 e. The molecule has 0 aliphatic heterocycles. The molecule has 0 aliphatic rings. The molecule has 0 amide bonds. The van der Waals surface area contributed by atoms with Crippen LogP contribution < -0.4 is 5.73 Å². The van der Waals surface area contributed by atoms with E-state index in [0.29, 0.717) is 23.3 Å². The Balaban J connectivity index is 1.84. The quantitative estimate of drug-likeness (QED) is 0.778. The van der Waals surface area contributed by atoms with Crippen LogP contribution >= 0.6 is 0 Å². The maximum absolute atomic E-state index is 6.10. The van der Waals surface area contributed by atoms with Crippen molar-refractivity contribution in [1.82, 2.24) is 25.1 Å². The molecule has 0 fully saturated rings. The fourth-order valence-corrected chi connectivity index (χ4v) is 2.16. The lowest BCUT2D eigenvalue weighted by Gasteiger charge is -2.05. The summed E-state index contributed by atoms with van der Waals surface area (Å²) in [5.41, 5.74) is 8.59. The van der Waals surface area contributed by atoms with Crippen LogP contribution in [0.25, 0.3) is 23.0 Å². The third-order valence-corrected chi connectivity index (χ3v) is 3.63. The molecule has 2 heterocycles. The van der Waals surface area contributed by atoms with Crippen LogP contribution in [0.1, 0.15) is 25.8 Å². The van der Waals surface area contributed by atoms with Gasteiger partial charge in [-0.05, 0) is 19.3 Å². The van der Waals surface area contributed by atoms with Crippen LogP contribution in [-0.4, -0.2) is 25.1 Å². The minimum absolute atomic E-state index is 0.286. The Morgan fingerprint density at radius 1 is 1.22 bits per heavy atom. The highest BCUT2D eigenvalue weighted by Crippen LogP contribution is 2.25. The molecule has 2 N–H and O–H groups in total. The van der Waals surface area contributed by atoms with E-state index in [9.17, 15) is 0 Å². The predicted octanol–water partition coefficient (Wildman–Crippen LogP) is 2.93. The molecule has 3 rings (SSSR count). The van der Waals surface area contributed by atoms with Crippen molar-refractivity contribution in [2.45, 2.75) is 33.7 Å². The summed E-state index contributed by atoms with van der Waals surface area (Å²) < 4.78 is 6.97. The Hall–Kier alpha value is -2.70. The van der Waals surface area contributed by atoms with Gasteiger partial charge in [-0.1, -0.05) is 54.0 Å². The van der Waals surface area contributed by atoms with E-state index in [2.05, 4.69) is 34.3 Å². The van der Waals surface area contributed by atoms with Gasteiger partial charge in [0.25, 0.3) is 5.89 Å². The molecule has 0 spiro atoms. The molecule has 23 heavy (non-hydrogen) atoms. The van der Waals surface area contributed by atoms with Crippen molar-refractivity contribution in [1.29, 1.82) is 0 Å². The van der Waals surface area contributed by atoms with Gasteiger partial charge in [0.05, 0.1) is 0 Å². The second kappa shape index (κ2) is 6.20. The first kappa shape index (κ1) is 15.2. The largest absolute Gasteiger partial charge is 0.382 e. The molecule has 120 valence electrons. The van der Waals surface area contributed by atoms with E-state index >= 15 is 0 Å². The topological polar surface area (TPSA) is 95.7 Å². The molecule has 0 radical (unpaired) electrons. The van der Waals surface area contributed by atoms with Crippen molar-refractivity contribution < 1.29 is 4.52 Å². The first-order valence-corrected chi connectivity index (χ1v) is 7.64. The van der Waals surface area contributed by atoms with Crippen LogP contribution in [0.5, 0.6) is 0 Å². The number of rotatable bonds is 5. The number of nitrogens with zero attached hydrogens (tertiary/aromatic N) is 5. The number of aryl methyl sites for hydroxylation is 2. The maximum atomic E-state index is 6.10. The van der Waals surface area contributed by atoms with Gasteiger partial charge in [0.1, 0.15) is 0 Å². The summed E-state index contributed by atoms with van der Waals surface area (Å²) in [6, 6.07) is 7.91. The van der Waals surface area contributed by atoms with Gasteiger partial charge in [0.2, 0.25) is 5.82 Å². The van der Waals surface area contributed by atoms with Crippen molar-refractivity contribution in [2.75, 3.05) is 5.73 Å². The standard InChI is InChI=1S/C16H20N6O/c1-10(2)8-9-22-14(17)13(19-21-22)16-18-15(20-23-16)12-6-4-11(3)5-7-12/h4-7,10H,8-9,17H2,1-3H3. The summed E-state index contributed by atoms with van der Waals surface area (Å²) >= 11 is 0. The summed E-state index contributed by atoms with van der Waals surface area (Å²) in [5, 5.41) is 12.1. The summed E-state index contributed by atoms with van der Waals surface area (Å²) in [4.78, 5) is 4.38. The van der Waals surface area contributed by atoms with E-state index in [4.69, 9.17) is 10.3 Å². The van der Waals surface area contributed by atoms with Crippen molar-refractivity contribution in [3.63, 3.8) is 0 Å². The minimum Gasteiger partial charge on any atom is -0.382 e. The molecule has 7 nitrogen and oxygen atoms in total. The van der Waals surface area contributed by atoms with Crippen molar-refractivity contribution in [2.24, 2.45) is 5.92 Å². The van der Waals surface area contributed by atoms with E-state index in [1.165, 1.54) is 5.56 Å². The van der Waals surface area contributed by atoms with Crippen molar-refractivity contribution >= 4 is 5.82 Å². The second-order valence-corrected chi connectivity index (χ2v) is 6.02. The lowest BCUT2D eigenvalue weighted by molar-refractivity contribution is 0.431. The third-order valence-electron chi connectivity index (χ3n) is 3.63. The summed E-state index contributed by atoms with van der Waals surface area (Å²) in [7, 11) is 0. The molecule has 0 saturated heterocycles. The monoisotopic (exact) mass is 312 g/mol. The number of nitrogens with two attached hydrogens (primary N) is 1. The molecular weight excluding hydrogens is 292 g/mol. The van der Waals surface area contributed by atoms with Crippen LogP contribution in [0, 0.1) is 12.8 Å². The molecule has 0 bridgehead atoms. The summed E-state index contributed by atoms with van der Waals surface area (Å²) in [5.74, 6) is 1.81. The number of anilines is 1. The first-order chi connectivity index (χ1) is 11.0. The SMILES string of the molecule is Cc1ccc(-c2noc(-c3nnn(CCC(C)C)c3N)n2)cc1. The zero-order valence-corrected chi connectivity index (χ0v) is 13.5. The van der Waals surface area contributed by atoms with E-state index in [1.807, 2.05) is 31.2 Å². The summed E-state index contributed by atoms with van der Waals surface area (Å²) in [6.07, 6.45) is 0.978. The second-order valence-electron chi connectivity index (χ2n) is 6.02. The highest BCUT2D eigenvalue weighted by Gasteiger charge is 2.19. The lowest BCUT2D eigenvalue weighted by Crippen LogP contribution is -2.07. The fourth-order valence-electron chi connectivity index (χ4n) is 2.16. The number of aromatic nitrogens is 5. The van der Waals surface area contributed by atoms with E-state index in [0.717, 1.165) is 18.5 Å². The molecular formula is C16H20N6O. The number of hydrogen-bond acceptors (Lipinski definition) is 6. The molecule has 3 aromatic rings.